The van der Waals surface area contributed by atoms with E-state index in [1.807, 2.05) is 38.4 Å². The number of aromatic nitrogens is 3. The van der Waals surface area contributed by atoms with Crippen molar-refractivity contribution in [3.63, 3.8) is 0 Å². The summed E-state index contributed by atoms with van der Waals surface area (Å²) in [6, 6.07) is 14.7. The smallest absolute Gasteiger partial charge is 0.133 e. The van der Waals surface area contributed by atoms with Crippen LogP contribution in [0.2, 0.25) is 0 Å². The Balaban J connectivity index is 1.52. The van der Waals surface area contributed by atoms with Gasteiger partial charge in [0.1, 0.15) is 11.3 Å². The van der Waals surface area contributed by atoms with Crippen LogP contribution in [-0.4, -0.2) is 20.0 Å². The van der Waals surface area contributed by atoms with Crippen molar-refractivity contribution in [2.24, 2.45) is 5.92 Å². The monoisotopic (exact) mass is 395 g/mol. The second-order valence-corrected chi connectivity index (χ2v) is 8.28. The summed E-state index contributed by atoms with van der Waals surface area (Å²) >= 11 is 0. The molecule has 1 aliphatic carbocycles. The second-order valence-electron chi connectivity index (χ2n) is 8.28. The van der Waals surface area contributed by atoms with Crippen LogP contribution in [0.25, 0.3) is 27.7 Å². The topological polar surface area (TPSA) is 70.5 Å². The van der Waals surface area contributed by atoms with Crippen LogP contribution >= 0.6 is 0 Å². The van der Waals surface area contributed by atoms with Gasteiger partial charge in [-0.05, 0) is 85.7 Å². The highest BCUT2D eigenvalue weighted by Gasteiger charge is 2.23. The maximum absolute atomic E-state index is 8.59. The van der Waals surface area contributed by atoms with Gasteiger partial charge < -0.3 is 4.57 Å². The Kier molecular flexibility index (Phi) is 4.39. The molecule has 5 nitrogen and oxygen atoms in total. The molecule has 0 spiro atoms. The minimum atomic E-state index is 0.404. The largest absolute Gasteiger partial charge is 0.315 e. The molecule has 1 saturated carbocycles. The van der Waals surface area contributed by atoms with Crippen LogP contribution in [0.1, 0.15) is 30.5 Å². The fraction of sp³-hybridized carbons (Fsp3) is 0.240. The predicted molar refractivity (Wildman–Crippen MR) is 120 cm³/mol. The zero-order valence-electron chi connectivity index (χ0n) is 17.3. The summed E-state index contributed by atoms with van der Waals surface area (Å²) in [7, 11) is 0. The average Bonchev–Trinajstić information content (AvgIpc) is 3.46. The molecule has 1 fully saturated rings. The van der Waals surface area contributed by atoms with E-state index in [2.05, 4.69) is 46.1 Å². The number of nitrogens with zero attached hydrogens (tertiary/aromatic N) is 3. The van der Waals surface area contributed by atoms with Crippen molar-refractivity contribution in [1.82, 2.24) is 14.1 Å². The van der Waals surface area contributed by atoms with Crippen molar-refractivity contribution in [2.45, 2.75) is 33.1 Å². The summed E-state index contributed by atoms with van der Waals surface area (Å²) in [6.07, 6.45) is 9.04. The Morgan fingerprint density at radius 1 is 1.07 bits per heavy atom. The molecule has 30 heavy (non-hydrogen) atoms. The number of nitrogens with one attached hydrogen (secondary N) is 2. The molecule has 0 aliphatic heterocycles. The lowest BCUT2D eigenvalue weighted by Crippen LogP contribution is -2.28. The van der Waals surface area contributed by atoms with E-state index < -0.39 is 0 Å². The molecule has 0 saturated heterocycles. The zero-order valence-corrected chi connectivity index (χ0v) is 17.3. The molecule has 4 aromatic rings. The van der Waals surface area contributed by atoms with Gasteiger partial charge in [0, 0.05) is 29.9 Å². The molecule has 0 bridgehead atoms. The fourth-order valence-corrected chi connectivity index (χ4v) is 4.03. The Labute approximate surface area is 175 Å². The van der Waals surface area contributed by atoms with Gasteiger partial charge in [-0.25, -0.2) is 0 Å². The summed E-state index contributed by atoms with van der Waals surface area (Å²) in [5, 5.41) is 18.1. The van der Waals surface area contributed by atoms with Crippen molar-refractivity contribution in [2.75, 3.05) is 0 Å². The minimum absolute atomic E-state index is 0.404. The summed E-state index contributed by atoms with van der Waals surface area (Å²) in [6.45, 7) is 3.97. The van der Waals surface area contributed by atoms with Gasteiger partial charge in [-0.3, -0.25) is 20.4 Å². The van der Waals surface area contributed by atoms with Gasteiger partial charge in [-0.2, -0.15) is 0 Å². The number of fused-ring (bicyclic) bond motifs is 1. The number of hydrogen-bond donors (Lipinski definition) is 2. The molecule has 150 valence electrons. The van der Waals surface area contributed by atoms with Crippen LogP contribution in [0.5, 0.6) is 0 Å². The lowest BCUT2D eigenvalue weighted by molar-refractivity contribution is 0.826. The molecule has 5 heteroatoms. The molecule has 1 aromatic carbocycles. The first-order valence-corrected chi connectivity index (χ1v) is 10.4. The lowest BCUT2D eigenvalue weighted by atomic mass is 10.0. The van der Waals surface area contributed by atoms with Gasteiger partial charge in [0.2, 0.25) is 0 Å². The van der Waals surface area contributed by atoms with Crippen LogP contribution < -0.4 is 5.49 Å². The number of rotatable bonds is 4. The molecular weight excluding hydrogens is 370 g/mol. The fourth-order valence-electron chi connectivity index (χ4n) is 4.03. The van der Waals surface area contributed by atoms with Crippen molar-refractivity contribution < 1.29 is 0 Å². The number of pyridine rings is 2. The van der Waals surface area contributed by atoms with Gasteiger partial charge >= 0.3 is 0 Å². The lowest BCUT2D eigenvalue weighted by Gasteiger charge is -2.13. The number of benzene rings is 1. The molecule has 3 aromatic heterocycles. The first-order valence-electron chi connectivity index (χ1n) is 10.4. The van der Waals surface area contributed by atoms with E-state index >= 15 is 0 Å². The van der Waals surface area contributed by atoms with Crippen LogP contribution in [0, 0.1) is 30.6 Å². The van der Waals surface area contributed by atoms with Gasteiger partial charge in [0.25, 0.3) is 0 Å². The Morgan fingerprint density at radius 2 is 1.90 bits per heavy atom. The summed E-state index contributed by atoms with van der Waals surface area (Å²) in [4.78, 5) is 4.41. The van der Waals surface area contributed by atoms with Gasteiger partial charge in [-0.1, -0.05) is 6.07 Å². The standard InChI is InChI=1S/C25H25N5/c1-16-3-7-21(15-28-16)29-11-9-20-14-19(6-8-23(20)29)22-10-12-30(25(27)17(22)2)24(26)13-18-4-5-18/h3,6-12,14-15,18,26-27H,4-5,13H2,1-2H3. The maximum Gasteiger partial charge on any atom is 0.133 e. The van der Waals surface area contributed by atoms with Gasteiger partial charge in [0.15, 0.2) is 0 Å². The predicted octanol–water partition coefficient (Wildman–Crippen LogP) is 5.22. The Hall–Kier alpha value is -3.47. The third-order valence-corrected chi connectivity index (χ3v) is 6.04. The number of hydrogen-bond acceptors (Lipinski definition) is 3. The van der Waals surface area contributed by atoms with E-state index in [-0.39, 0.29) is 0 Å². The molecule has 3 heterocycles. The van der Waals surface area contributed by atoms with E-state index in [1.165, 1.54) is 12.8 Å². The number of aryl methyl sites for hydroxylation is 1. The molecule has 5 rings (SSSR count). The SMILES string of the molecule is Cc1ccc(-n2ccc3cc(-c4ccn(C(=N)CC5CC5)c(=N)c4C)ccc32)cn1. The maximum atomic E-state index is 8.59. The molecule has 0 unspecified atom stereocenters. The molecule has 0 atom stereocenters. The summed E-state index contributed by atoms with van der Waals surface area (Å²) in [5.74, 6) is 1.16. The molecule has 0 amide bonds. The highest BCUT2D eigenvalue weighted by atomic mass is 15.0. The third kappa shape index (κ3) is 3.26. The van der Waals surface area contributed by atoms with Crippen LogP contribution in [0.15, 0.2) is 61.1 Å². The first-order chi connectivity index (χ1) is 14.5. The molecular formula is C25H25N5. The summed E-state index contributed by atoms with van der Waals surface area (Å²) < 4.78 is 3.86. The normalized spacial score (nSPS) is 13.7. The second kappa shape index (κ2) is 7.10. The highest BCUT2D eigenvalue weighted by molar-refractivity contribution is 5.88. The highest BCUT2D eigenvalue weighted by Crippen LogP contribution is 2.33. The van der Waals surface area contributed by atoms with E-state index in [1.54, 1.807) is 4.57 Å². The third-order valence-electron chi connectivity index (χ3n) is 6.04. The minimum Gasteiger partial charge on any atom is -0.315 e. The Bertz CT molecular complexity index is 1320. The molecule has 0 radical (unpaired) electrons. The van der Waals surface area contributed by atoms with Gasteiger partial charge in [0.05, 0.1) is 17.4 Å². The van der Waals surface area contributed by atoms with Crippen LogP contribution in [-0.2, 0) is 0 Å². The van der Waals surface area contributed by atoms with E-state index in [0.717, 1.165) is 45.4 Å². The van der Waals surface area contributed by atoms with Crippen molar-refractivity contribution >= 4 is 16.7 Å². The van der Waals surface area contributed by atoms with Crippen molar-refractivity contribution in [1.29, 1.82) is 10.8 Å². The molecule has 1 aliphatic rings. The van der Waals surface area contributed by atoms with Crippen LogP contribution in [0.4, 0.5) is 0 Å². The quantitative estimate of drug-likeness (QED) is 0.361. The van der Waals surface area contributed by atoms with E-state index in [9.17, 15) is 0 Å². The Morgan fingerprint density at radius 3 is 2.63 bits per heavy atom. The van der Waals surface area contributed by atoms with Crippen molar-refractivity contribution in [3.8, 4) is 16.8 Å². The molecule has 2 N–H and O–H groups in total. The average molecular weight is 396 g/mol. The summed E-state index contributed by atoms with van der Waals surface area (Å²) in [5.41, 5.74) is 6.62. The van der Waals surface area contributed by atoms with E-state index in [0.29, 0.717) is 17.2 Å². The zero-order chi connectivity index (χ0) is 20.8. The van der Waals surface area contributed by atoms with Gasteiger partial charge in [-0.15, -0.1) is 0 Å². The van der Waals surface area contributed by atoms with E-state index in [4.69, 9.17) is 10.8 Å². The first kappa shape index (κ1) is 18.6. The van der Waals surface area contributed by atoms with Crippen LogP contribution in [0.3, 0.4) is 0 Å². The van der Waals surface area contributed by atoms with Crippen molar-refractivity contribution in [3.05, 3.63) is 77.8 Å².